The van der Waals surface area contributed by atoms with Gasteiger partial charge >= 0.3 is 0 Å². The van der Waals surface area contributed by atoms with Gasteiger partial charge in [0, 0.05) is 71.7 Å². The number of aryl methyl sites for hydroxylation is 1. The number of para-hydroxylation sites is 2. The molecule has 5 heterocycles. The second-order valence-electron chi connectivity index (χ2n) is 13.7. The SMILES string of the molecule is Cc1cnc(N2CC3(CCOCC3)C2)c(C(=O)Nc2ccc(C(=O)N3CCc4c(sc(C(=O)Nc5c(F)cccc5Cl)c4F)-c4ccccc43)cc2)c1. The molecular weight excluding hydrogens is 720 g/mol. The predicted molar refractivity (Wildman–Crippen MR) is 203 cm³/mol. The number of rotatable bonds is 6. The number of carbonyl (C=O) groups excluding carboxylic acids is 3. The lowest BCUT2D eigenvalue weighted by molar-refractivity contribution is -0.000511. The molecular formula is C40H34ClF2N5O4S. The molecule has 0 unspecified atom stereocenters. The molecule has 3 aliphatic heterocycles. The summed E-state index contributed by atoms with van der Waals surface area (Å²) in [6, 6.07) is 19.6. The van der Waals surface area contributed by atoms with E-state index in [2.05, 4.69) is 20.5 Å². The van der Waals surface area contributed by atoms with Crippen LogP contribution in [-0.2, 0) is 11.2 Å². The van der Waals surface area contributed by atoms with Crippen LogP contribution in [0.25, 0.3) is 10.4 Å². The van der Waals surface area contributed by atoms with Crippen molar-refractivity contribution in [1.29, 1.82) is 0 Å². The van der Waals surface area contributed by atoms with Crippen molar-refractivity contribution in [3.8, 4) is 10.4 Å². The van der Waals surface area contributed by atoms with E-state index in [0.29, 0.717) is 44.3 Å². The molecule has 270 valence electrons. The van der Waals surface area contributed by atoms with Crippen LogP contribution in [0.5, 0.6) is 0 Å². The molecule has 0 bridgehead atoms. The third-order valence-electron chi connectivity index (χ3n) is 10.2. The molecule has 0 saturated carbocycles. The van der Waals surface area contributed by atoms with Crippen LogP contribution in [0.2, 0.25) is 5.02 Å². The number of benzene rings is 3. The van der Waals surface area contributed by atoms with Gasteiger partial charge in [0.05, 0.1) is 22.0 Å². The molecule has 3 aromatic carbocycles. The fourth-order valence-corrected chi connectivity index (χ4v) is 8.71. The Kier molecular flexibility index (Phi) is 9.21. The van der Waals surface area contributed by atoms with Gasteiger partial charge in [-0.2, -0.15) is 0 Å². The number of pyridine rings is 1. The summed E-state index contributed by atoms with van der Waals surface area (Å²) in [7, 11) is 0. The van der Waals surface area contributed by atoms with Gasteiger partial charge in [0.15, 0.2) is 5.82 Å². The van der Waals surface area contributed by atoms with E-state index in [1.54, 1.807) is 59.6 Å². The lowest BCUT2D eigenvalue weighted by Crippen LogP contribution is -2.59. The number of fused-ring (bicyclic) bond motifs is 3. The van der Waals surface area contributed by atoms with Crippen LogP contribution >= 0.6 is 22.9 Å². The number of nitrogens with zero attached hydrogens (tertiary/aromatic N) is 3. The first-order chi connectivity index (χ1) is 25.6. The number of aromatic nitrogens is 1. The minimum atomic E-state index is -0.816. The molecule has 53 heavy (non-hydrogen) atoms. The van der Waals surface area contributed by atoms with Gasteiger partial charge in [-0.25, -0.2) is 13.8 Å². The first-order valence-electron chi connectivity index (χ1n) is 17.3. The van der Waals surface area contributed by atoms with Crippen molar-refractivity contribution < 1.29 is 27.9 Å². The van der Waals surface area contributed by atoms with Crippen LogP contribution < -0.4 is 20.4 Å². The normalized spacial score (nSPS) is 15.9. The highest BCUT2D eigenvalue weighted by atomic mass is 35.5. The highest BCUT2D eigenvalue weighted by molar-refractivity contribution is 7.17. The minimum Gasteiger partial charge on any atom is -0.381 e. The van der Waals surface area contributed by atoms with E-state index in [0.717, 1.165) is 62.1 Å². The van der Waals surface area contributed by atoms with Gasteiger partial charge in [-0.1, -0.05) is 35.9 Å². The zero-order valence-corrected chi connectivity index (χ0v) is 30.3. The summed E-state index contributed by atoms with van der Waals surface area (Å²) in [5.41, 5.74) is 3.71. The number of carbonyl (C=O) groups is 3. The maximum absolute atomic E-state index is 15.9. The number of hydrogen-bond acceptors (Lipinski definition) is 7. The topological polar surface area (TPSA) is 104 Å². The molecule has 0 atom stereocenters. The van der Waals surface area contributed by atoms with Gasteiger partial charge in [0.2, 0.25) is 0 Å². The van der Waals surface area contributed by atoms with Gasteiger partial charge in [-0.05, 0) is 80.3 Å². The third kappa shape index (κ3) is 6.55. The second kappa shape index (κ2) is 14.0. The maximum Gasteiger partial charge on any atom is 0.268 e. The van der Waals surface area contributed by atoms with Crippen LogP contribution in [0.4, 0.5) is 31.7 Å². The molecule has 8 rings (SSSR count). The summed E-state index contributed by atoms with van der Waals surface area (Å²) in [5.74, 6) is -2.20. The smallest absolute Gasteiger partial charge is 0.268 e. The first kappa shape index (κ1) is 34.9. The molecule has 2 N–H and O–H groups in total. The van der Waals surface area contributed by atoms with Crippen LogP contribution in [0, 0.1) is 24.0 Å². The lowest BCUT2D eigenvalue weighted by atomic mass is 9.73. The summed E-state index contributed by atoms with van der Waals surface area (Å²) >= 11 is 7.03. The van der Waals surface area contributed by atoms with Crippen LogP contribution in [0.1, 0.15) is 54.4 Å². The molecule has 2 aromatic heterocycles. The number of halogens is 3. The van der Waals surface area contributed by atoms with Crippen molar-refractivity contribution >= 4 is 63.5 Å². The first-order valence-corrected chi connectivity index (χ1v) is 18.5. The Morgan fingerprint density at radius 1 is 0.943 bits per heavy atom. The predicted octanol–water partition coefficient (Wildman–Crippen LogP) is 8.37. The van der Waals surface area contributed by atoms with Crippen LogP contribution in [0.15, 0.2) is 79.0 Å². The van der Waals surface area contributed by atoms with Gasteiger partial charge in [0.1, 0.15) is 16.5 Å². The Balaban J connectivity index is 0.991. The van der Waals surface area contributed by atoms with Crippen molar-refractivity contribution in [1.82, 2.24) is 4.98 Å². The molecule has 2 fully saturated rings. The Morgan fingerprint density at radius 2 is 1.70 bits per heavy atom. The fraction of sp³-hybridized carbons (Fsp3) is 0.250. The van der Waals surface area contributed by atoms with Crippen molar-refractivity contribution in [3.05, 3.63) is 123 Å². The highest BCUT2D eigenvalue weighted by Gasteiger charge is 2.45. The monoisotopic (exact) mass is 753 g/mol. The third-order valence-corrected chi connectivity index (χ3v) is 11.7. The summed E-state index contributed by atoms with van der Waals surface area (Å²) in [5, 5.41) is 5.38. The molecule has 3 aliphatic rings. The summed E-state index contributed by atoms with van der Waals surface area (Å²) in [6.45, 7) is 5.24. The lowest BCUT2D eigenvalue weighted by Gasteiger charge is -2.53. The van der Waals surface area contributed by atoms with Gasteiger partial charge in [0.25, 0.3) is 17.7 Å². The van der Waals surface area contributed by atoms with E-state index in [-0.39, 0.29) is 45.8 Å². The molecule has 9 nitrogen and oxygen atoms in total. The Bertz CT molecular complexity index is 2250. The summed E-state index contributed by atoms with van der Waals surface area (Å²) < 4.78 is 35.9. The van der Waals surface area contributed by atoms with Crippen LogP contribution in [0.3, 0.4) is 0 Å². The van der Waals surface area contributed by atoms with E-state index < -0.39 is 17.5 Å². The molecule has 0 radical (unpaired) electrons. The number of nitrogens with one attached hydrogen (secondary N) is 2. The molecule has 1 spiro atoms. The number of amides is 3. The van der Waals surface area contributed by atoms with E-state index in [1.165, 1.54) is 12.1 Å². The number of thiophene rings is 1. The quantitative estimate of drug-likeness (QED) is 0.181. The van der Waals surface area contributed by atoms with E-state index in [4.69, 9.17) is 16.3 Å². The zero-order valence-electron chi connectivity index (χ0n) is 28.7. The molecule has 3 amide bonds. The molecule has 13 heteroatoms. The molecule has 0 aliphatic carbocycles. The van der Waals surface area contributed by atoms with E-state index >= 15 is 4.39 Å². The fourth-order valence-electron chi connectivity index (χ4n) is 7.34. The van der Waals surface area contributed by atoms with E-state index in [1.807, 2.05) is 13.0 Å². The van der Waals surface area contributed by atoms with Crippen LogP contribution in [-0.4, -0.2) is 55.6 Å². The second-order valence-corrected chi connectivity index (χ2v) is 15.1. The van der Waals surface area contributed by atoms with Crippen molar-refractivity contribution in [2.45, 2.75) is 26.2 Å². The van der Waals surface area contributed by atoms with Gasteiger partial charge in [-0.15, -0.1) is 11.3 Å². The average Bonchev–Trinajstić information content (AvgIpc) is 3.38. The van der Waals surface area contributed by atoms with Crippen molar-refractivity contribution in [2.24, 2.45) is 5.41 Å². The van der Waals surface area contributed by atoms with Crippen molar-refractivity contribution in [3.63, 3.8) is 0 Å². The maximum atomic E-state index is 15.9. The summed E-state index contributed by atoms with van der Waals surface area (Å²) in [6.07, 6.45) is 3.92. The average molecular weight is 754 g/mol. The summed E-state index contributed by atoms with van der Waals surface area (Å²) in [4.78, 5) is 49.4. The molecule has 5 aromatic rings. The largest absolute Gasteiger partial charge is 0.381 e. The van der Waals surface area contributed by atoms with E-state index in [9.17, 15) is 18.8 Å². The number of anilines is 4. The van der Waals surface area contributed by atoms with Crippen molar-refractivity contribution in [2.75, 3.05) is 53.3 Å². The van der Waals surface area contributed by atoms with Gasteiger partial charge < -0.3 is 25.2 Å². The zero-order chi connectivity index (χ0) is 36.9. The van der Waals surface area contributed by atoms with Gasteiger partial charge in [-0.3, -0.25) is 14.4 Å². The highest BCUT2D eigenvalue weighted by Crippen LogP contribution is 2.45. The Morgan fingerprint density at radius 3 is 2.45 bits per heavy atom. The molecule has 2 saturated heterocycles. The minimum absolute atomic E-state index is 0.00431. The standard InChI is InChI=1S/C40H34ClF2N5O4S/c1-23-19-28(36(44-20-23)47-21-40(22-47)14-17-52-18-15-40)37(49)45-25-11-9-24(10-12-25)39(51)48-16-13-27-32(43)35(53-34(27)26-5-2-3-8-31(26)48)38(50)46-33-29(41)6-4-7-30(33)42/h2-12,19-20H,13-18,21-22H2,1H3,(H,45,49)(H,46,50). The number of hydrogen-bond donors (Lipinski definition) is 2. The Labute approximate surface area is 313 Å². The Hall–Kier alpha value is -5.17. The number of ether oxygens (including phenoxy) is 1.